The van der Waals surface area contributed by atoms with Crippen LogP contribution in [0.3, 0.4) is 0 Å². The summed E-state index contributed by atoms with van der Waals surface area (Å²) in [6, 6.07) is 5.57. The van der Waals surface area contributed by atoms with Crippen LogP contribution in [0, 0.1) is 16.0 Å². The fourth-order valence-corrected chi connectivity index (χ4v) is 2.37. The molecule has 1 aromatic rings. The average molecular weight is 313 g/mol. The van der Waals surface area contributed by atoms with E-state index in [0.717, 1.165) is 29.7 Å². The molecule has 1 N–H and O–H groups in total. The molecule has 1 amide bonds. The minimum Gasteiger partial charge on any atom is -0.267 e. The third kappa shape index (κ3) is 4.12. The Balaban J connectivity index is 2.12. The summed E-state index contributed by atoms with van der Waals surface area (Å²) in [5.74, 6) is -0.140. The van der Waals surface area contributed by atoms with Gasteiger partial charge in [0.05, 0.1) is 10.6 Å². The number of non-ortho nitro benzene ring substituents is 1. The fraction of sp³-hybridized carbons (Fsp3) is 0.294. The van der Waals surface area contributed by atoms with Crippen molar-refractivity contribution in [1.82, 2.24) is 5.43 Å². The highest BCUT2D eigenvalue weighted by Gasteiger charge is 2.19. The van der Waals surface area contributed by atoms with Gasteiger partial charge in [-0.3, -0.25) is 14.9 Å². The standard InChI is InChI=1S/C17H19N3O3/c1-11(2)13-8-7-12(3)16(10-13)18-19-17(21)14-5-4-6-15(9-14)20(22)23/h4-7,9,13H,1,8,10H2,2-3H3,(H,19,21)/b18-16-. The lowest BCUT2D eigenvalue weighted by atomic mass is 9.85. The van der Waals surface area contributed by atoms with Crippen LogP contribution in [0.1, 0.15) is 37.0 Å². The number of carbonyl (C=O) groups excluding carboxylic acids is 1. The van der Waals surface area contributed by atoms with E-state index in [9.17, 15) is 14.9 Å². The molecule has 1 atom stereocenters. The molecule has 1 aromatic carbocycles. The number of rotatable bonds is 4. The number of carbonyl (C=O) groups is 1. The summed E-state index contributed by atoms with van der Waals surface area (Å²) < 4.78 is 0. The smallest absolute Gasteiger partial charge is 0.267 e. The molecule has 1 unspecified atom stereocenters. The highest BCUT2D eigenvalue weighted by Crippen LogP contribution is 2.26. The van der Waals surface area contributed by atoms with Crippen LogP contribution in [0.5, 0.6) is 0 Å². The zero-order valence-corrected chi connectivity index (χ0v) is 13.2. The Morgan fingerprint density at radius 1 is 1.48 bits per heavy atom. The zero-order valence-electron chi connectivity index (χ0n) is 13.2. The normalized spacial score (nSPS) is 19.1. The molecule has 2 rings (SSSR count). The molecule has 0 bridgehead atoms. The number of benzene rings is 1. The van der Waals surface area contributed by atoms with Crippen LogP contribution in [-0.4, -0.2) is 16.5 Å². The lowest BCUT2D eigenvalue weighted by molar-refractivity contribution is -0.384. The number of hydrogen-bond acceptors (Lipinski definition) is 4. The number of allylic oxidation sites excluding steroid dienone is 3. The van der Waals surface area contributed by atoms with Gasteiger partial charge in [-0.25, -0.2) is 5.43 Å². The van der Waals surface area contributed by atoms with E-state index in [4.69, 9.17) is 0 Å². The van der Waals surface area contributed by atoms with Crippen molar-refractivity contribution in [3.8, 4) is 0 Å². The SMILES string of the molecule is C=C(C)C1CC=C(C)/C(=N\NC(=O)c2cccc([N+](=O)[O-])c2)C1. The summed E-state index contributed by atoms with van der Waals surface area (Å²) in [5, 5.41) is 14.9. The van der Waals surface area contributed by atoms with E-state index in [1.54, 1.807) is 0 Å². The molecular formula is C17H19N3O3. The topological polar surface area (TPSA) is 84.6 Å². The minimum absolute atomic E-state index is 0.124. The van der Waals surface area contributed by atoms with Crippen molar-refractivity contribution in [3.05, 3.63) is 63.7 Å². The second-order valence-corrected chi connectivity index (χ2v) is 5.68. The molecule has 0 saturated heterocycles. The predicted molar refractivity (Wildman–Crippen MR) is 89.3 cm³/mol. The lowest BCUT2D eigenvalue weighted by Crippen LogP contribution is -2.23. The van der Waals surface area contributed by atoms with Crippen LogP contribution in [-0.2, 0) is 0 Å². The second kappa shape index (κ2) is 7.00. The molecule has 120 valence electrons. The molecule has 6 heteroatoms. The highest BCUT2D eigenvalue weighted by molar-refractivity contribution is 6.02. The van der Waals surface area contributed by atoms with Gasteiger partial charge in [-0.1, -0.05) is 24.3 Å². The second-order valence-electron chi connectivity index (χ2n) is 5.68. The number of hydrazone groups is 1. The van der Waals surface area contributed by atoms with Crippen LogP contribution in [0.2, 0.25) is 0 Å². The first kappa shape index (κ1) is 16.6. The number of nitrogens with one attached hydrogen (secondary N) is 1. The van der Waals surface area contributed by atoms with E-state index in [-0.39, 0.29) is 11.3 Å². The van der Waals surface area contributed by atoms with Crippen LogP contribution in [0.4, 0.5) is 5.69 Å². The average Bonchev–Trinajstić information content (AvgIpc) is 2.53. The molecule has 0 spiro atoms. The third-order valence-electron chi connectivity index (χ3n) is 3.91. The Morgan fingerprint density at radius 3 is 2.87 bits per heavy atom. The van der Waals surface area contributed by atoms with E-state index in [1.165, 1.54) is 24.3 Å². The largest absolute Gasteiger partial charge is 0.271 e. The van der Waals surface area contributed by atoms with Crippen molar-refractivity contribution in [2.24, 2.45) is 11.0 Å². The quantitative estimate of drug-likeness (QED) is 0.523. The highest BCUT2D eigenvalue weighted by atomic mass is 16.6. The van der Waals surface area contributed by atoms with Crippen molar-refractivity contribution >= 4 is 17.3 Å². The minimum atomic E-state index is -0.534. The molecule has 0 heterocycles. The maximum atomic E-state index is 12.1. The Kier molecular flexibility index (Phi) is 5.05. The van der Waals surface area contributed by atoms with Gasteiger partial charge in [-0.15, -0.1) is 0 Å². The van der Waals surface area contributed by atoms with E-state index < -0.39 is 10.8 Å². The number of nitro groups is 1. The summed E-state index contributed by atoms with van der Waals surface area (Å²) in [5.41, 5.74) is 5.49. The first-order chi connectivity index (χ1) is 10.9. The molecule has 0 saturated carbocycles. The van der Waals surface area contributed by atoms with E-state index in [2.05, 4.69) is 23.2 Å². The molecule has 23 heavy (non-hydrogen) atoms. The van der Waals surface area contributed by atoms with Crippen molar-refractivity contribution in [2.75, 3.05) is 0 Å². The van der Waals surface area contributed by atoms with Gasteiger partial charge < -0.3 is 0 Å². The number of hydrogen-bond donors (Lipinski definition) is 1. The summed E-state index contributed by atoms with van der Waals surface area (Å²) in [4.78, 5) is 22.3. The van der Waals surface area contributed by atoms with Crippen molar-refractivity contribution in [3.63, 3.8) is 0 Å². The Labute approximate surface area is 134 Å². The summed E-state index contributed by atoms with van der Waals surface area (Å²) in [7, 11) is 0. The summed E-state index contributed by atoms with van der Waals surface area (Å²) in [6.45, 7) is 7.91. The molecule has 0 aromatic heterocycles. The molecule has 6 nitrogen and oxygen atoms in total. The Hall–Kier alpha value is -2.76. The predicted octanol–water partition coefficient (Wildman–Crippen LogP) is 3.61. The van der Waals surface area contributed by atoms with E-state index in [1.807, 2.05) is 13.8 Å². The molecule has 0 aliphatic heterocycles. The van der Waals surface area contributed by atoms with Gasteiger partial charge in [0.2, 0.25) is 0 Å². The van der Waals surface area contributed by atoms with Gasteiger partial charge in [0.1, 0.15) is 0 Å². The van der Waals surface area contributed by atoms with Gasteiger partial charge >= 0.3 is 0 Å². The van der Waals surface area contributed by atoms with E-state index in [0.29, 0.717) is 5.92 Å². The molecule has 1 aliphatic carbocycles. The Morgan fingerprint density at radius 2 is 2.22 bits per heavy atom. The molecule has 0 fully saturated rings. The van der Waals surface area contributed by atoms with Crippen molar-refractivity contribution in [1.29, 1.82) is 0 Å². The first-order valence-electron chi connectivity index (χ1n) is 7.32. The first-order valence-corrected chi connectivity index (χ1v) is 7.32. The van der Waals surface area contributed by atoms with Gasteiger partial charge in [-0.05, 0) is 44.2 Å². The molecular weight excluding hydrogens is 294 g/mol. The zero-order chi connectivity index (χ0) is 17.0. The van der Waals surface area contributed by atoms with Crippen LogP contribution in [0.15, 0.2) is 53.2 Å². The fourth-order valence-electron chi connectivity index (χ4n) is 2.37. The lowest BCUT2D eigenvalue weighted by Gasteiger charge is -2.22. The van der Waals surface area contributed by atoms with Crippen LogP contribution >= 0.6 is 0 Å². The monoisotopic (exact) mass is 313 g/mol. The van der Waals surface area contributed by atoms with Crippen molar-refractivity contribution in [2.45, 2.75) is 26.7 Å². The maximum absolute atomic E-state index is 12.1. The maximum Gasteiger partial charge on any atom is 0.271 e. The third-order valence-corrected chi connectivity index (χ3v) is 3.91. The van der Waals surface area contributed by atoms with Gasteiger partial charge in [0.25, 0.3) is 11.6 Å². The van der Waals surface area contributed by atoms with Crippen LogP contribution in [0.25, 0.3) is 0 Å². The number of amides is 1. The summed E-state index contributed by atoms with van der Waals surface area (Å²) in [6.07, 6.45) is 3.74. The molecule has 0 radical (unpaired) electrons. The number of nitrogens with zero attached hydrogens (tertiary/aromatic N) is 2. The summed E-state index contributed by atoms with van der Waals surface area (Å²) >= 11 is 0. The van der Waals surface area contributed by atoms with Crippen molar-refractivity contribution < 1.29 is 9.72 Å². The van der Waals surface area contributed by atoms with Crippen LogP contribution < -0.4 is 5.43 Å². The van der Waals surface area contributed by atoms with Gasteiger partial charge in [-0.2, -0.15) is 5.10 Å². The van der Waals surface area contributed by atoms with Gasteiger partial charge in [0.15, 0.2) is 0 Å². The number of nitro benzene ring substituents is 1. The van der Waals surface area contributed by atoms with E-state index >= 15 is 0 Å². The molecule has 1 aliphatic rings. The Bertz CT molecular complexity index is 720. The van der Waals surface area contributed by atoms with Gasteiger partial charge in [0, 0.05) is 17.7 Å².